The van der Waals surface area contributed by atoms with Crippen LogP contribution < -0.4 is 10.6 Å². The molecule has 3 aromatic rings. The van der Waals surface area contributed by atoms with E-state index in [1.54, 1.807) is 0 Å². The third kappa shape index (κ3) is 3.74. The van der Waals surface area contributed by atoms with Crippen LogP contribution in [0.2, 0.25) is 5.02 Å². The number of aromatic nitrogens is 2. The van der Waals surface area contributed by atoms with Crippen LogP contribution in [0.3, 0.4) is 0 Å². The number of nitrogens with one attached hydrogen (secondary N) is 2. The second-order valence-corrected chi connectivity index (χ2v) is 5.35. The topological polar surface area (TPSA) is 49.8 Å². The minimum Gasteiger partial charge on any atom is -0.340 e. The first-order valence-electron chi connectivity index (χ1n) is 6.87. The van der Waals surface area contributed by atoms with E-state index in [0.29, 0.717) is 10.8 Å². The number of benzene rings is 2. The van der Waals surface area contributed by atoms with Gasteiger partial charge in [-0.3, -0.25) is 0 Å². The molecule has 0 bridgehead atoms. The van der Waals surface area contributed by atoms with Crippen LogP contribution in [0.5, 0.6) is 0 Å². The Labute approximate surface area is 134 Å². The normalized spacial score (nSPS) is 10.3. The molecule has 3 rings (SSSR count). The summed E-state index contributed by atoms with van der Waals surface area (Å²) in [6, 6.07) is 17.4. The Morgan fingerprint density at radius 1 is 0.818 bits per heavy atom. The van der Waals surface area contributed by atoms with Crippen molar-refractivity contribution in [3.63, 3.8) is 0 Å². The summed E-state index contributed by atoms with van der Waals surface area (Å²) in [6.45, 7) is 2.05. The van der Waals surface area contributed by atoms with E-state index >= 15 is 0 Å². The van der Waals surface area contributed by atoms with Gasteiger partial charge >= 0.3 is 0 Å². The van der Waals surface area contributed by atoms with E-state index in [9.17, 15) is 0 Å². The van der Waals surface area contributed by atoms with Gasteiger partial charge in [-0.2, -0.15) is 0 Å². The lowest BCUT2D eigenvalue weighted by atomic mass is 10.2. The summed E-state index contributed by atoms with van der Waals surface area (Å²) in [6.07, 6.45) is 1.52. The second kappa shape index (κ2) is 6.45. The van der Waals surface area contributed by atoms with Crippen molar-refractivity contribution in [3.05, 3.63) is 71.5 Å². The van der Waals surface area contributed by atoms with E-state index in [0.717, 1.165) is 17.2 Å². The lowest BCUT2D eigenvalue weighted by Gasteiger charge is -2.09. The fourth-order valence-electron chi connectivity index (χ4n) is 2.05. The summed E-state index contributed by atoms with van der Waals surface area (Å²) in [5.74, 6) is 1.45. The number of halogens is 1. The van der Waals surface area contributed by atoms with Gasteiger partial charge in [-0.25, -0.2) is 9.97 Å². The highest BCUT2D eigenvalue weighted by Gasteiger charge is 2.01. The molecule has 0 saturated carbocycles. The van der Waals surface area contributed by atoms with Gasteiger partial charge in [0.2, 0.25) is 0 Å². The largest absolute Gasteiger partial charge is 0.340 e. The molecule has 2 aromatic carbocycles. The van der Waals surface area contributed by atoms with Gasteiger partial charge in [-0.05, 0) is 48.9 Å². The van der Waals surface area contributed by atoms with Crippen molar-refractivity contribution in [3.8, 4) is 0 Å². The molecule has 0 unspecified atom stereocenters. The molecule has 0 aliphatic carbocycles. The van der Waals surface area contributed by atoms with E-state index in [-0.39, 0.29) is 0 Å². The minimum atomic E-state index is 0.704. The number of aryl methyl sites for hydroxylation is 1. The molecular formula is C17H15ClN4. The Morgan fingerprint density at radius 3 is 2.18 bits per heavy atom. The molecule has 0 radical (unpaired) electrons. The Bertz CT molecular complexity index is 772. The van der Waals surface area contributed by atoms with Crippen LogP contribution in [0.4, 0.5) is 23.0 Å². The van der Waals surface area contributed by atoms with Gasteiger partial charge in [-0.1, -0.05) is 23.7 Å². The lowest BCUT2D eigenvalue weighted by Crippen LogP contribution is -1.98. The average Bonchev–Trinajstić information content (AvgIpc) is 2.50. The fourth-order valence-corrected chi connectivity index (χ4v) is 2.17. The van der Waals surface area contributed by atoms with Crippen LogP contribution in [0.1, 0.15) is 5.56 Å². The van der Waals surface area contributed by atoms with Crippen molar-refractivity contribution >= 4 is 34.6 Å². The average molecular weight is 311 g/mol. The van der Waals surface area contributed by atoms with E-state index in [1.165, 1.54) is 11.9 Å². The van der Waals surface area contributed by atoms with E-state index in [4.69, 9.17) is 11.6 Å². The quantitative estimate of drug-likeness (QED) is 0.717. The van der Waals surface area contributed by atoms with Gasteiger partial charge in [0.15, 0.2) is 0 Å². The molecule has 2 N–H and O–H groups in total. The highest BCUT2D eigenvalue weighted by Crippen LogP contribution is 2.20. The van der Waals surface area contributed by atoms with Gasteiger partial charge < -0.3 is 10.6 Å². The van der Waals surface area contributed by atoms with Crippen LogP contribution in [0.25, 0.3) is 0 Å². The molecule has 5 heteroatoms. The van der Waals surface area contributed by atoms with E-state index in [2.05, 4.69) is 39.7 Å². The Hall–Kier alpha value is -2.59. The predicted octanol–water partition coefficient (Wildman–Crippen LogP) is 4.93. The molecule has 1 aromatic heterocycles. The van der Waals surface area contributed by atoms with E-state index in [1.807, 2.05) is 42.5 Å². The molecule has 1 heterocycles. The highest BCUT2D eigenvalue weighted by atomic mass is 35.5. The first-order valence-corrected chi connectivity index (χ1v) is 7.25. The Morgan fingerprint density at radius 2 is 1.50 bits per heavy atom. The summed E-state index contributed by atoms with van der Waals surface area (Å²) in [4.78, 5) is 8.46. The summed E-state index contributed by atoms with van der Waals surface area (Å²) < 4.78 is 0. The number of nitrogens with zero attached hydrogens (tertiary/aromatic N) is 2. The zero-order chi connectivity index (χ0) is 15.4. The maximum atomic E-state index is 5.88. The summed E-state index contributed by atoms with van der Waals surface area (Å²) in [5, 5.41) is 7.19. The van der Waals surface area contributed by atoms with Gasteiger partial charge in [0.25, 0.3) is 0 Å². The third-order valence-corrected chi connectivity index (χ3v) is 3.33. The van der Waals surface area contributed by atoms with Crippen LogP contribution in [-0.2, 0) is 0 Å². The molecular weight excluding hydrogens is 296 g/mol. The van der Waals surface area contributed by atoms with Gasteiger partial charge in [0.1, 0.15) is 18.0 Å². The molecule has 0 aliphatic rings. The molecule has 0 aliphatic heterocycles. The molecule has 0 amide bonds. The summed E-state index contributed by atoms with van der Waals surface area (Å²) in [5.41, 5.74) is 3.11. The van der Waals surface area contributed by atoms with Crippen molar-refractivity contribution in [1.29, 1.82) is 0 Å². The van der Waals surface area contributed by atoms with Gasteiger partial charge in [0, 0.05) is 22.5 Å². The van der Waals surface area contributed by atoms with E-state index < -0.39 is 0 Å². The molecule has 0 spiro atoms. The fraction of sp³-hybridized carbons (Fsp3) is 0.0588. The first kappa shape index (κ1) is 14.4. The van der Waals surface area contributed by atoms with Crippen molar-refractivity contribution < 1.29 is 0 Å². The summed E-state index contributed by atoms with van der Waals surface area (Å²) >= 11 is 5.88. The van der Waals surface area contributed by atoms with Crippen LogP contribution in [0, 0.1) is 6.92 Å². The second-order valence-electron chi connectivity index (χ2n) is 4.91. The monoisotopic (exact) mass is 310 g/mol. The molecule has 0 atom stereocenters. The molecule has 0 saturated heterocycles. The zero-order valence-corrected chi connectivity index (χ0v) is 12.8. The highest BCUT2D eigenvalue weighted by molar-refractivity contribution is 6.30. The van der Waals surface area contributed by atoms with Crippen LogP contribution >= 0.6 is 11.6 Å². The number of anilines is 4. The number of hydrogen-bond acceptors (Lipinski definition) is 4. The van der Waals surface area contributed by atoms with Gasteiger partial charge in [-0.15, -0.1) is 0 Å². The standard InChI is InChI=1S/C17H15ClN4/c1-12-3-2-4-15(9-12)22-17-10-16(19-11-20-17)21-14-7-5-13(18)6-8-14/h2-11H,1H3,(H2,19,20,21,22). The number of rotatable bonds is 4. The van der Waals surface area contributed by atoms with Crippen LogP contribution in [-0.4, -0.2) is 9.97 Å². The lowest BCUT2D eigenvalue weighted by molar-refractivity contribution is 1.17. The van der Waals surface area contributed by atoms with Crippen molar-refractivity contribution in [2.24, 2.45) is 0 Å². The maximum absolute atomic E-state index is 5.88. The van der Waals surface area contributed by atoms with Crippen LogP contribution in [0.15, 0.2) is 60.9 Å². The van der Waals surface area contributed by atoms with Crippen molar-refractivity contribution in [1.82, 2.24) is 9.97 Å². The molecule has 4 nitrogen and oxygen atoms in total. The Kier molecular flexibility index (Phi) is 4.21. The third-order valence-electron chi connectivity index (χ3n) is 3.07. The Balaban J connectivity index is 1.76. The zero-order valence-electron chi connectivity index (χ0n) is 12.0. The molecule has 110 valence electrons. The van der Waals surface area contributed by atoms with Crippen molar-refractivity contribution in [2.45, 2.75) is 6.92 Å². The van der Waals surface area contributed by atoms with Gasteiger partial charge in [0.05, 0.1) is 0 Å². The first-order chi connectivity index (χ1) is 10.7. The predicted molar refractivity (Wildman–Crippen MR) is 91.2 cm³/mol. The minimum absolute atomic E-state index is 0.704. The number of hydrogen-bond donors (Lipinski definition) is 2. The smallest absolute Gasteiger partial charge is 0.135 e. The SMILES string of the molecule is Cc1cccc(Nc2cc(Nc3ccc(Cl)cc3)ncn2)c1. The molecule has 22 heavy (non-hydrogen) atoms. The molecule has 0 fully saturated rings. The van der Waals surface area contributed by atoms with Crippen molar-refractivity contribution in [2.75, 3.05) is 10.6 Å². The maximum Gasteiger partial charge on any atom is 0.135 e. The summed E-state index contributed by atoms with van der Waals surface area (Å²) in [7, 11) is 0.